The third kappa shape index (κ3) is 3.24. The zero-order valence-electron chi connectivity index (χ0n) is 13.7. The minimum absolute atomic E-state index is 0.0454. The van der Waals surface area contributed by atoms with E-state index in [-0.39, 0.29) is 17.7 Å². The summed E-state index contributed by atoms with van der Waals surface area (Å²) in [7, 11) is -2.76. The smallest absolute Gasteiger partial charge is 0.307 e. The Morgan fingerprint density at radius 2 is 1.87 bits per heavy atom. The van der Waals surface area contributed by atoms with Gasteiger partial charge < -0.3 is 4.74 Å². The fourth-order valence-corrected chi connectivity index (χ4v) is 4.50. The molecule has 2 rings (SSSR count). The molecule has 1 aromatic rings. The molecule has 126 valence electrons. The Bertz CT molecular complexity index is 721. The fourth-order valence-electron chi connectivity index (χ4n) is 2.78. The third-order valence-electron chi connectivity index (χ3n) is 4.06. The average Bonchev–Trinajstić information content (AvgIpc) is 2.69. The van der Waals surface area contributed by atoms with Crippen LogP contribution >= 0.6 is 0 Å². The van der Waals surface area contributed by atoms with Crippen LogP contribution in [-0.4, -0.2) is 37.8 Å². The highest BCUT2D eigenvalue weighted by Crippen LogP contribution is 2.40. The summed E-state index contributed by atoms with van der Waals surface area (Å²) in [5.41, 5.74) is 0.0827. The van der Waals surface area contributed by atoms with Crippen molar-refractivity contribution in [2.75, 3.05) is 7.11 Å². The van der Waals surface area contributed by atoms with Crippen molar-refractivity contribution in [2.45, 2.75) is 44.6 Å². The maximum absolute atomic E-state index is 12.9. The standard InChI is InChI=1S/C16H21NO5S/c1-11-5-7-13(8-6-11)23(20,21)17-12(9-14(18)22-4)10-16(2,3)15(17)19/h5-8,12H,9-10H2,1-4H3. The number of sulfonamides is 1. The third-order valence-corrected chi connectivity index (χ3v) is 5.91. The molecule has 1 heterocycles. The van der Waals surface area contributed by atoms with Gasteiger partial charge in [0.15, 0.2) is 0 Å². The predicted octanol–water partition coefficient (Wildman–Crippen LogP) is 1.87. The summed E-state index contributed by atoms with van der Waals surface area (Å²) in [4.78, 5) is 24.2. The molecule has 1 aliphatic rings. The molecule has 0 spiro atoms. The molecule has 0 N–H and O–H groups in total. The molecule has 1 aromatic carbocycles. The Morgan fingerprint density at radius 1 is 1.30 bits per heavy atom. The van der Waals surface area contributed by atoms with E-state index in [1.807, 2.05) is 6.92 Å². The Kier molecular flexibility index (Phi) is 4.52. The van der Waals surface area contributed by atoms with Crippen LogP contribution in [0.25, 0.3) is 0 Å². The van der Waals surface area contributed by atoms with Gasteiger partial charge in [-0.15, -0.1) is 0 Å². The number of hydrogen-bond donors (Lipinski definition) is 0. The van der Waals surface area contributed by atoms with Crippen LogP contribution in [0.2, 0.25) is 0 Å². The normalized spacial score (nSPS) is 20.6. The molecule has 1 saturated heterocycles. The van der Waals surface area contributed by atoms with Crippen LogP contribution in [0.4, 0.5) is 0 Å². The van der Waals surface area contributed by atoms with Crippen LogP contribution < -0.4 is 0 Å². The summed E-state index contributed by atoms with van der Waals surface area (Å²) in [6, 6.07) is 5.56. The van der Waals surface area contributed by atoms with Gasteiger partial charge in [-0.25, -0.2) is 12.7 Å². The minimum atomic E-state index is -4.00. The van der Waals surface area contributed by atoms with E-state index in [1.165, 1.54) is 19.2 Å². The van der Waals surface area contributed by atoms with Crippen molar-refractivity contribution in [3.05, 3.63) is 29.8 Å². The highest BCUT2D eigenvalue weighted by atomic mass is 32.2. The van der Waals surface area contributed by atoms with Gasteiger partial charge in [-0.3, -0.25) is 9.59 Å². The van der Waals surface area contributed by atoms with Crippen molar-refractivity contribution in [3.63, 3.8) is 0 Å². The van der Waals surface area contributed by atoms with Gasteiger partial charge in [-0.1, -0.05) is 31.5 Å². The molecular formula is C16H21NO5S. The lowest BCUT2D eigenvalue weighted by atomic mass is 9.89. The van der Waals surface area contributed by atoms with Gasteiger partial charge in [-0.05, 0) is 25.5 Å². The SMILES string of the molecule is COC(=O)CC1CC(C)(C)C(=O)N1S(=O)(=O)c1ccc(C)cc1. The lowest BCUT2D eigenvalue weighted by Gasteiger charge is -2.24. The maximum atomic E-state index is 12.9. The van der Waals surface area contributed by atoms with E-state index in [4.69, 9.17) is 0 Å². The molecule has 1 fully saturated rings. The van der Waals surface area contributed by atoms with Crippen LogP contribution in [0.1, 0.15) is 32.3 Å². The summed E-state index contributed by atoms with van der Waals surface area (Å²) < 4.78 is 31.2. The Labute approximate surface area is 136 Å². The Balaban J connectivity index is 2.45. The summed E-state index contributed by atoms with van der Waals surface area (Å²) in [6.07, 6.45) is 0.142. The van der Waals surface area contributed by atoms with Crippen molar-refractivity contribution < 1.29 is 22.7 Å². The molecule has 7 heteroatoms. The summed E-state index contributed by atoms with van der Waals surface area (Å²) in [5.74, 6) is -1.03. The summed E-state index contributed by atoms with van der Waals surface area (Å²) in [5, 5.41) is 0. The van der Waals surface area contributed by atoms with E-state index in [9.17, 15) is 18.0 Å². The number of carbonyl (C=O) groups excluding carboxylic acids is 2. The molecule has 0 aromatic heterocycles. The first-order chi connectivity index (χ1) is 10.6. The second kappa shape index (κ2) is 5.96. The number of ether oxygens (including phenoxy) is 1. The zero-order valence-corrected chi connectivity index (χ0v) is 14.5. The number of benzene rings is 1. The Hall–Kier alpha value is -1.89. The first kappa shape index (κ1) is 17.5. The highest BCUT2D eigenvalue weighted by Gasteiger charge is 2.51. The quantitative estimate of drug-likeness (QED) is 0.782. The molecule has 0 bridgehead atoms. The monoisotopic (exact) mass is 339 g/mol. The van der Waals surface area contributed by atoms with E-state index < -0.39 is 33.4 Å². The van der Waals surface area contributed by atoms with Crippen molar-refractivity contribution in [1.29, 1.82) is 0 Å². The van der Waals surface area contributed by atoms with Gasteiger partial charge in [0.2, 0.25) is 5.91 Å². The van der Waals surface area contributed by atoms with E-state index in [0.29, 0.717) is 0 Å². The van der Waals surface area contributed by atoms with Gasteiger partial charge in [0.05, 0.1) is 24.5 Å². The van der Waals surface area contributed by atoms with E-state index >= 15 is 0 Å². The zero-order chi connectivity index (χ0) is 17.4. The largest absolute Gasteiger partial charge is 0.469 e. The number of esters is 1. The van der Waals surface area contributed by atoms with Gasteiger partial charge in [0.1, 0.15) is 0 Å². The first-order valence-electron chi connectivity index (χ1n) is 7.32. The van der Waals surface area contributed by atoms with Crippen LogP contribution in [-0.2, 0) is 24.3 Å². The summed E-state index contributed by atoms with van der Waals surface area (Å²) >= 11 is 0. The number of aryl methyl sites for hydroxylation is 1. The Morgan fingerprint density at radius 3 is 2.39 bits per heavy atom. The second-order valence-electron chi connectivity index (χ2n) is 6.44. The predicted molar refractivity (Wildman–Crippen MR) is 84.0 cm³/mol. The molecule has 1 aliphatic heterocycles. The van der Waals surface area contributed by atoms with E-state index in [2.05, 4.69) is 4.74 Å². The van der Waals surface area contributed by atoms with Crippen LogP contribution in [0.5, 0.6) is 0 Å². The highest BCUT2D eigenvalue weighted by molar-refractivity contribution is 7.89. The number of carbonyl (C=O) groups is 2. The maximum Gasteiger partial charge on any atom is 0.307 e. The van der Waals surface area contributed by atoms with Gasteiger partial charge >= 0.3 is 5.97 Å². The van der Waals surface area contributed by atoms with Gasteiger partial charge in [0.25, 0.3) is 10.0 Å². The number of nitrogens with zero attached hydrogens (tertiary/aromatic N) is 1. The molecule has 1 amide bonds. The molecule has 0 radical (unpaired) electrons. The topological polar surface area (TPSA) is 80.8 Å². The molecule has 1 atom stereocenters. The molecule has 23 heavy (non-hydrogen) atoms. The van der Waals surface area contributed by atoms with E-state index in [0.717, 1.165) is 9.87 Å². The summed E-state index contributed by atoms with van der Waals surface area (Å²) in [6.45, 7) is 5.22. The number of hydrogen-bond acceptors (Lipinski definition) is 5. The molecular weight excluding hydrogens is 318 g/mol. The van der Waals surface area contributed by atoms with Crippen molar-refractivity contribution in [3.8, 4) is 0 Å². The van der Waals surface area contributed by atoms with Crippen LogP contribution in [0, 0.1) is 12.3 Å². The number of methoxy groups -OCH3 is 1. The van der Waals surface area contributed by atoms with Crippen LogP contribution in [0.3, 0.4) is 0 Å². The number of amides is 1. The van der Waals surface area contributed by atoms with Crippen molar-refractivity contribution >= 4 is 21.9 Å². The van der Waals surface area contributed by atoms with E-state index in [1.54, 1.807) is 26.0 Å². The molecule has 0 saturated carbocycles. The molecule has 0 aliphatic carbocycles. The van der Waals surface area contributed by atoms with Gasteiger partial charge in [-0.2, -0.15) is 0 Å². The lowest BCUT2D eigenvalue weighted by Crippen LogP contribution is -2.41. The molecule has 1 unspecified atom stereocenters. The van der Waals surface area contributed by atoms with Gasteiger partial charge in [0, 0.05) is 5.41 Å². The average molecular weight is 339 g/mol. The lowest BCUT2D eigenvalue weighted by molar-refractivity contribution is -0.141. The fraction of sp³-hybridized carbons (Fsp3) is 0.500. The minimum Gasteiger partial charge on any atom is -0.469 e. The number of rotatable bonds is 4. The van der Waals surface area contributed by atoms with Crippen LogP contribution in [0.15, 0.2) is 29.2 Å². The van der Waals surface area contributed by atoms with Crippen molar-refractivity contribution in [1.82, 2.24) is 4.31 Å². The molecule has 6 nitrogen and oxygen atoms in total. The first-order valence-corrected chi connectivity index (χ1v) is 8.76. The second-order valence-corrected chi connectivity index (χ2v) is 8.26. The van der Waals surface area contributed by atoms with Crippen molar-refractivity contribution in [2.24, 2.45) is 5.41 Å².